The predicted molar refractivity (Wildman–Crippen MR) is 66.0 cm³/mol. The van der Waals surface area contributed by atoms with Crippen molar-refractivity contribution >= 4 is 0 Å². The number of nitrogens with one attached hydrogen (secondary N) is 1. The van der Waals surface area contributed by atoms with Gasteiger partial charge in [0.05, 0.1) is 0 Å². The zero-order valence-corrected chi connectivity index (χ0v) is 10.3. The first-order chi connectivity index (χ1) is 7.27. The van der Waals surface area contributed by atoms with E-state index in [9.17, 15) is 0 Å². The lowest BCUT2D eigenvalue weighted by Gasteiger charge is -2.30. The molecular weight excluding hydrogens is 186 g/mol. The smallest absolute Gasteiger partial charge is 0.0219 e. The Morgan fingerprint density at radius 3 is 2.47 bits per heavy atom. The van der Waals surface area contributed by atoms with Crippen molar-refractivity contribution in [2.75, 3.05) is 26.2 Å². The summed E-state index contributed by atoms with van der Waals surface area (Å²) < 4.78 is 0. The van der Waals surface area contributed by atoms with Crippen LogP contribution in [0.2, 0.25) is 0 Å². The Hall–Kier alpha value is -0.120. The lowest BCUT2D eigenvalue weighted by atomic mass is 9.91. The van der Waals surface area contributed by atoms with Gasteiger partial charge < -0.3 is 16.0 Å². The number of hydrogen-bond donors (Lipinski definition) is 2. The fourth-order valence-electron chi connectivity index (χ4n) is 2.36. The van der Waals surface area contributed by atoms with Crippen LogP contribution in [0.4, 0.5) is 0 Å². The lowest BCUT2D eigenvalue weighted by molar-refractivity contribution is 0.274. The summed E-state index contributed by atoms with van der Waals surface area (Å²) in [6.45, 7) is 8.96. The van der Waals surface area contributed by atoms with Crippen molar-refractivity contribution < 1.29 is 0 Å². The molecule has 1 aliphatic rings. The van der Waals surface area contributed by atoms with Gasteiger partial charge in [-0.3, -0.25) is 0 Å². The maximum atomic E-state index is 6.08. The molecule has 0 bridgehead atoms. The van der Waals surface area contributed by atoms with Gasteiger partial charge in [-0.05, 0) is 25.9 Å². The van der Waals surface area contributed by atoms with E-state index >= 15 is 0 Å². The molecule has 0 heterocycles. The molecule has 0 aliphatic heterocycles. The number of rotatable bonds is 6. The van der Waals surface area contributed by atoms with E-state index in [0.717, 1.165) is 26.2 Å². The highest BCUT2D eigenvalue weighted by Gasteiger charge is 2.20. The summed E-state index contributed by atoms with van der Waals surface area (Å²) >= 11 is 0. The van der Waals surface area contributed by atoms with Crippen LogP contribution in [0, 0.1) is 0 Å². The maximum Gasteiger partial charge on any atom is 0.0219 e. The van der Waals surface area contributed by atoms with Crippen LogP contribution in [0.1, 0.15) is 39.5 Å². The highest BCUT2D eigenvalue weighted by atomic mass is 15.1. The molecule has 15 heavy (non-hydrogen) atoms. The third kappa shape index (κ3) is 4.49. The van der Waals surface area contributed by atoms with Crippen LogP contribution in [0.15, 0.2) is 0 Å². The minimum absolute atomic E-state index is 0.385. The number of hydrogen-bond acceptors (Lipinski definition) is 3. The Bertz CT molecular complexity index is 157. The van der Waals surface area contributed by atoms with Gasteiger partial charge in [0.2, 0.25) is 0 Å². The summed E-state index contributed by atoms with van der Waals surface area (Å²) in [7, 11) is 0. The second kappa shape index (κ2) is 7.20. The van der Waals surface area contributed by atoms with Crippen LogP contribution < -0.4 is 11.1 Å². The minimum Gasteiger partial charge on any atom is -0.326 e. The highest BCUT2D eigenvalue weighted by Crippen LogP contribution is 2.16. The number of likely N-dealkylation sites (N-methyl/N-ethyl adjacent to an activating group) is 1. The number of nitrogens with zero attached hydrogens (tertiary/aromatic N) is 1. The molecule has 0 saturated heterocycles. The van der Waals surface area contributed by atoms with Gasteiger partial charge >= 0.3 is 0 Å². The summed E-state index contributed by atoms with van der Waals surface area (Å²) in [5, 5.41) is 3.60. The molecule has 0 aromatic rings. The van der Waals surface area contributed by atoms with Gasteiger partial charge in [-0.1, -0.05) is 26.7 Å². The van der Waals surface area contributed by atoms with Crippen molar-refractivity contribution in [1.82, 2.24) is 10.2 Å². The topological polar surface area (TPSA) is 41.3 Å². The minimum atomic E-state index is 0.385. The molecule has 0 radical (unpaired) electrons. The van der Waals surface area contributed by atoms with Crippen molar-refractivity contribution in [3.63, 3.8) is 0 Å². The monoisotopic (exact) mass is 213 g/mol. The number of nitrogens with two attached hydrogens (primary N) is 1. The largest absolute Gasteiger partial charge is 0.326 e. The van der Waals surface area contributed by atoms with E-state index in [1.807, 2.05) is 0 Å². The Kier molecular flexibility index (Phi) is 6.22. The van der Waals surface area contributed by atoms with Crippen molar-refractivity contribution in [2.45, 2.75) is 51.6 Å². The van der Waals surface area contributed by atoms with Gasteiger partial charge in [-0.15, -0.1) is 0 Å². The molecular formula is C12H27N3. The van der Waals surface area contributed by atoms with Gasteiger partial charge in [-0.25, -0.2) is 0 Å². The van der Waals surface area contributed by atoms with Gasteiger partial charge in [0.15, 0.2) is 0 Å². The average molecular weight is 213 g/mol. The molecule has 3 N–H and O–H groups in total. The Balaban J connectivity index is 2.12. The molecule has 1 fully saturated rings. The molecule has 2 atom stereocenters. The molecule has 3 nitrogen and oxygen atoms in total. The zero-order valence-electron chi connectivity index (χ0n) is 10.3. The van der Waals surface area contributed by atoms with Crippen LogP contribution in [-0.4, -0.2) is 43.2 Å². The molecule has 3 heteroatoms. The molecule has 0 aromatic heterocycles. The molecule has 90 valence electrons. The summed E-state index contributed by atoms with van der Waals surface area (Å²) in [6.07, 6.45) is 5.12. The van der Waals surface area contributed by atoms with E-state index in [0.29, 0.717) is 12.1 Å². The van der Waals surface area contributed by atoms with E-state index in [1.165, 1.54) is 25.7 Å². The first kappa shape index (κ1) is 12.9. The third-order valence-electron chi connectivity index (χ3n) is 3.55. The molecule has 0 amide bonds. The summed E-state index contributed by atoms with van der Waals surface area (Å²) in [5.41, 5.74) is 6.08. The molecule has 1 saturated carbocycles. The summed E-state index contributed by atoms with van der Waals surface area (Å²) in [4.78, 5) is 2.45. The van der Waals surface area contributed by atoms with Gasteiger partial charge in [0, 0.05) is 25.2 Å². The quantitative estimate of drug-likeness (QED) is 0.696. The lowest BCUT2D eigenvalue weighted by Crippen LogP contribution is -2.49. The predicted octanol–water partition coefficient (Wildman–Crippen LogP) is 1.19. The van der Waals surface area contributed by atoms with Crippen LogP contribution >= 0.6 is 0 Å². The summed E-state index contributed by atoms with van der Waals surface area (Å²) in [6, 6.07) is 0.949. The molecule has 0 aromatic carbocycles. The van der Waals surface area contributed by atoms with Crippen LogP contribution in [0.3, 0.4) is 0 Å². The SMILES string of the molecule is CCN(CC)CCN[C@@H]1CCCC[C@H]1N. The van der Waals surface area contributed by atoms with Crippen molar-refractivity contribution in [1.29, 1.82) is 0 Å². The van der Waals surface area contributed by atoms with E-state index in [1.54, 1.807) is 0 Å². The zero-order chi connectivity index (χ0) is 11.1. The van der Waals surface area contributed by atoms with Gasteiger partial charge in [0.1, 0.15) is 0 Å². The van der Waals surface area contributed by atoms with Crippen molar-refractivity contribution in [3.05, 3.63) is 0 Å². The van der Waals surface area contributed by atoms with E-state index in [4.69, 9.17) is 5.73 Å². The fraction of sp³-hybridized carbons (Fsp3) is 1.00. The Labute approximate surface area is 94.4 Å². The van der Waals surface area contributed by atoms with Gasteiger partial charge in [0.25, 0.3) is 0 Å². The molecule has 0 spiro atoms. The fourth-order valence-corrected chi connectivity index (χ4v) is 2.36. The van der Waals surface area contributed by atoms with Crippen molar-refractivity contribution in [3.8, 4) is 0 Å². The van der Waals surface area contributed by atoms with Crippen LogP contribution in [0.5, 0.6) is 0 Å². The maximum absolute atomic E-state index is 6.08. The van der Waals surface area contributed by atoms with Gasteiger partial charge in [-0.2, -0.15) is 0 Å². The first-order valence-corrected chi connectivity index (χ1v) is 6.49. The van der Waals surface area contributed by atoms with E-state index in [2.05, 4.69) is 24.1 Å². The van der Waals surface area contributed by atoms with E-state index < -0.39 is 0 Å². The average Bonchev–Trinajstić information content (AvgIpc) is 2.27. The molecule has 0 unspecified atom stereocenters. The Morgan fingerprint density at radius 2 is 1.87 bits per heavy atom. The first-order valence-electron chi connectivity index (χ1n) is 6.49. The normalized spacial score (nSPS) is 27.2. The Morgan fingerprint density at radius 1 is 1.20 bits per heavy atom. The van der Waals surface area contributed by atoms with Crippen LogP contribution in [0.25, 0.3) is 0 Å². The second-order valence-corrected chi connectivity index (χ2v) is 4.54. The standard InChI is InChI=1S/C12H27N3/c1-3-15(4-2)10-9-14-12-8-6-5-7-11(12)13/h11-12,14H,3-10,13H2,1-2H3/t11-,12-/m1/s1. The van der Waals surface area contributed by atoms with Crippen LogP contribution in [-0.2, 0) is 0 Å². The van der Waals surface area contributed by atoms with Crippen molar-refractivity contribution in [2.24, 2.45) is 5.73 Å². The third-order valence-corrected chi connectivity index (χ3v) is 3.55. The second-order valence-electron chi connectivity index (χ2n) is 4.54. The molecule has 1 aliphatic carbocycles. The molecule has 1 rings (SSSR count). The summed E-state index contributed by atoms with van der Waals surface area (Å²) in [5.74, 6) is 0. The van der Waals surface area contributed by atoms with E-state index in [-0.39, 0.29) is 0 Å². The highest BCUT2D eigenvalue weighted by molar-refractivity contribution is 4.83.